The fourth-order valence-electron chi connectivity index (χ4n) is 2.93. The van der Waals surface area contributed by atoms with Crippen molar-refractivity contribution >= 4 is 17.6 Å². The molecule has 2 N–H and O–H groups in total. The van der Waals surface area contributed by atoms with Crippen LogP contribution in [0.4, 0.5) is 10.2 Å². The zero-order valence-electron chi connectivity index (χ0n) is 15.3. The highest BCUT2D eigenvalue weighted by Crippen LogP contribution is 2.33. The van der Waals surface area contributed by atoms with Crippen LogP contribution in [0.5, 0.6) is 5.75 Å². The van der Waals surface area contributed by atoms with Crippen LogP contribution in [-0.4, -0.2) is 50.8 Å². The Balaban J connectivity index is 1.99. The van der Waals surface area contributed by atoms with Crippen molar-refractivity contribution in [3.8, 4) is 17.1 Å². The number of halogens is 1. The molecule has 1 aliphatic heterocycles. The van der Waals surface area contributed by atoms with Gasteiger partial charge in [0.05, 0.1) is 7.11 Å². The number of nitrogens with one attached hydrogen (secondary N) is 2. The number of carbonyl (C=O) groups excluding carboxylic acids is 2. The third-order valence-electron chi connectivity index (χ3n) is 4.33. The fourth-order valence-corrected chi connectivity index (χ4v) is 2.93. The van der Waals surface area contributed by atoms with Gasteiger partial charge in [0.15, 0.2) is 23.1 Å². The van der Waals surface area contributed by atoms with Crippen LogP contribution in [0.2, 0.25) is 0 Å². The monoisotopic (exact) mass is 376 g/mol. The summed E-state index contributed by atoms with van der Waals surface area (Å²) in [6, 6.07) is 3.51. The number of benzene rings is 1. The van der Waals surface area contributed by atoms with E-state index in [2.05, 4.69) is 15.8 Å². The molecule has 9 heteroatoms. The van der Waals surface area contributed by atoms with Gasteiger partial charge in [0.2, 0.25) is 5.91 Å². The second kappa shape index (κ2) is 7.65. The lowest BCUT2D eigenvalue weighted by Gasteiger charge is -2.23. The van der Waals surface area contributed by atoms with E-state index in [1.165, 1.54) is 25.3 Å². The van der Waals surface area contributed by atoms with Crippen LogP contribution in [0.15, 0.2) is 22.7 Å². The van der Waals surface area contributed by atoms with Crippen LogP contribution in [0.25, 0.3) is 11.3 Å². The molecule has 3 rings (SSSR count). The third-order valence-corrected chi connectivity index (χ3v) is 4.33. The van der Waals surface area contributed by atoms with E-state index in [0.29, 0.717) is 24.3 Å². The van der Waals surface area contributed by atoms with Crippen LogP contribution in [0, 0.1) is 5.82 Å². The molecule has 2 aromatic rings. The topological polar surface area (TPSA) is 96.7 Å². The number of anilines is 1. The van der Waals surface area contributed by atoms with Crippen LogP contribution in [-0.2, 0) is 4.79 Å². The van der Waals surface area contributed by atoms with Gasteiger partial charge in [0.1, 0.15) is 11.6 Å². The molecule has 144 valence electrons. The predicted octanol–water partition coefficient (Wildman–Crippen LogP) is 1.56. The molecule has 1 aromatic heterocycles. The zero-order chi connectivity index (χ0) is 19.6. The number of hydrogen-bond donors (Lipinski definition) is 2. The van der Waals surface area contributed by atoms with E-state index < -0.39 is 17.8 Å². The van der Waals surface area contributed by atoms with Gasteiger partial charge in [-0.15, -0.1) is 0 Å². The lowest BCUT2D eigenvalue weighted by Crippen LogP contribution is -2.50. The number of ether oxygens (including phenoxy) is 1. The van der Waals surface area contributed by atoms with Crippen LogP contribution in [0.1, 0.15) is 23.2 Å². The molecule has 2 amide bonds. The molecular formula is C18H21FN4O4. The van der Waals surface area contributed by atoms with E-state index in [-0.39, 0.29) is 23.0 Å². The minimum absolute atomic E-state index is 0.0216. The summed E-state index contributed by atoms with van der Waals surface area (Å²) in [6.45, 7) is 0.599. The summed E-state index contributed by atoms with van der Waals surface area (Å²) in [4.78, 5) is 26.5. The molecule has 8 nitrogen and oxygen atoms in total. The molecule has 0 aliphatic carbocycles. The number of methoxy groups -OCH3 is 1. The average Bonchev–Trinajstić information content (AvgIpc) is 3.09. The van der Waals surface area contributed by atoms with Crippen LogP contribution in [0.3, 0.4) is 0 Å². The molecule has 0 bridgehead atoms. The Labute approximate surface area is 155 Å². The Morgan fingerprint density at radius 2 is 2.22 bits per heavy atom. The van der Waals surface area contributed by atoms with Gasteiger partial charge >= 0.3 is 0 Å². The van der Waals surface area contributed by atoms with Gasteiger partial charge in [-0.05, 0) is 31.0 Å². The quantitative estimate of drug-likeness (QED) is 0.822. The molecule has 1 aliphatic rings. The van der Waals surface area contributed by atoms with Gasteiger partial charge in [-0.1, -0.05) is 5.16 Å². The molecule has 27 heavy (non-hydrogen) atoms. The van der Waals surface area contributed by atoms with Crippen molar-refractivity contribution in [2.75, 3.05) is 32.6 Å². The van der Waals surface area contributed by atoms with E-state index >= 15 is 0 Å². The summed E-state index contributed by atoms with van der Waals surface area (Å²) in [5, 5.41) is 9.42. The molecule has 1 aromatic carbocycles. The van der Waals surface area contributed by atoms with Gasteiger partial charge < -0.3 is 24.8 Å². The Kier molecular flexibility index (Phi) is 5.29. The highest BCUT2D eigenvalue weighted by Gasteiger charge is 2.30. The molecule has 1 unspecified atom stereocenters. The smallest absolute Gasteiger partial charge is 0.259 e. The highest BCUT2D eigenvalue weighted by molar-refractivity contribution is 6.05. The maximum atomic E-state index is 13.7. The van der Waals surface area contributed by atoms with E-state index in [1.54, 1.807) is 19.0 Å². The summed E-state index contributed by atoms with van der Waals surface area (Å²) in [5.41, 5.74) is 0.610. The Morgan fingerprint density at radius 3 is 2.89 bits per heavy atom. The van der Waals surface area contributed by atoms with E-state index in [0.717, 1.165) is 6.42 Å². The highest BCUT2D eigenvalue weighted by atomic mass is 19.1. The van der Waals surface area contributed by atoms with Crippen LogP contribution < -0.4 is 20.3 Å². The molecular weight excluding hydrogens is 355 g/mol. The molecule has 0 saturated carbocycles. The normalized spacial score (nSPS) is 16.6. The Morgan fingerprint density at radius 1 is 1.44 bits per heavy atom. The first-order chi connectivity index (χ1) is 12.9. The maximum absolute atomic E-state index is 13.7. The number of carbonyl (C=O) groups is 2. The summed E-state index contributed by atoms with van der Waals surface area (Å²) >= 11 is 0. The van der Waals surface area contributed by atoms with Crippen molar-refractivity contribution in [3.05, 3.63) is 29.6 Å². The Hall–Kier alpha value is -3.10. The summed E-state index contributed by atoms with van der Waals surface area (Å²) in [6.07, 6.45) is 1.34. The molecule has 1 atom stereocenters. The molecule has 1 saturated heterocycles. The van der Waals surface area contributed by atoms with Crippen molar-refractivity contribution in [2.45, 2.75) is 18.9 Å². The number of hydrogen-bond acceptors (Lipinski definition) is 6. The third kappa shape index (κ3) is 3.71. The molecule has 2 heterocycles. The number of piperidine rings is 1. The van der Waals surface area contributed by atoms with Crippen molar-refractivity contribution in [1.82, 2.24) is 15.8 Å². The maximum Gasteiger partial charge on any atom is 0.259 e. The lowest BCUT2D eigenvalue weighted by molar-refractivity contribution is -0.124. The van der Waals surface area contributed by atoms with E-state index in [1.807, 2.05) is 0 Å². The summed E-state index contributed by atoms with van der Waals surface area (Å²) < 4.78 is 24.1. The minimum atomic E-state index is -0.619. The van der Waals surface area contributed by atoms with Gasteiger partial charge in [0, 0.05) is 26.2 Å². The Bertz CT molecular complexity index is 865. The van der Waals surface area contributed by atoms with Gasteiger partial charge in [-0.3, -0.25) is 9.59 Å². The molecule has 0 spiro atoms. The van der Waals surface area contributed by atoms with Gasteiger partial charge in [-0.25, -0.2) is 4.39 Å². The first-order valence-electron chi connectivity index (χ1n) is 8.52. The minimum Gasteiger partial charge on any atom is -0.494 e. The lowest BCUT2D eigenvalue weighted by atomic mass is 10.0. The second-order valence-corrected chi connectivity index (χ2v) is 6.41. The summed E-state index contributed by atoms with van der Waals surface area (Å²) in [7, 11) is 4.79. The van der Waals surface area contributed by atoms with Crippen molar-refractivity contribution < 1.29 is 23.2 Å². The van der Waals surface area contributed by atoms with E-state index in [4.69, 9.17) is 9.26 Å². The van der Waals surface area contributed by atoms with Gasteiger partial charge in [0.25, 0.3) is 5.91 Å². The number of rotatable bonds is 5. The van der Waals surface area contributed by atoms with Crippen molar-refractivity contribution in [1.29, 1.82) is 0 Å². The zero-order valence-corrected chi connectivity index (χ0v) is 15.3. The largest absolute Gasteiger partial charge is 0.494 e. The van der Waals surface area contributed by atoms with Crippen molar-refractivity contribution in [2.24, 2.45) is 0 Å². The molecule has 0 radical (unpaired) electrons. The number of amides is 2. The van der Waals surface area contributed by atoms with Gasteiger partial charge in [-0.2, -0.15) is 0 Å². The second-order valence-electron chi connectivity index (χ2n) is 6.41. The standard InChI is InChI=1S/C18H21FN4O4/c1-23(2)16-14(18(25)21-12-5-4-8-20-17(12)24)15(27-22-16)10-6-7-11(19)13(9-10)26-3/h6-7,9,12H,4-5,8H2,1-3H3,(H,20,24)(H,21,25). The SMILES string of the molecule is COc1cc(-c2onc(N(C)C)c2C(=O)NC2CCCNC2=O)ccc1F. The molecule has 1 fully saturated rings. The first kappa shape index (κ1) is 18.7. The van der Waals surface area contributed by atoms with Crippen molar-refractivity contribution in [3.63, 3.8) is 0 Å². The average molecular weight is 376 g/mol. The first-order valence-corrected chi connectivity index (χ1v) is 8.52. The van der Waals surface area contributed by atoms with Crippen LogP contribution >= 0.6 is 0 Å². The fraction of sp³-hybridized carbons (Fsp3) is 0.389. The predicted molar refractivity (Wildman–Crippen MR) is 96.3 cm³/mol. The number of aromatic nitrogens is 1. The number of nitrogens with zero attached hydrogens (tertiary/aromatic N) is 2. The van der Waals surface area contributed by atoms with E-state index in [9.17, 15) is 14.0 Å². The summed E-state index contributed by atoms with van der Waals surface area (Å²) in [5.74, 6) is -0.734.